The largest absolute Gasteiger partial charge is 1.00 e. The van der Waals surface area contributed by atoms with Gasteiger partial charge in [0.25, 0.3) is 5.09 Å². The number of hydrogen-bond donors (Lipinski definition) is 5. The molecule has 13 heteroatoms. The van der Waals surface area contributed by atoms with Crippen LogP contribution in [-0.4, -0.2) is 21.3 Å². The van der Waals surface area contributed by atoms with Crippen molar-refractivity contribution in [2.24, 2.45) is 11.5 Å². The molecule has 0 aliphatic rings. The van der Waals surface area contributed by atoms with Gasteiger partial charge in [0.2, 0.25) is 0 Å². The van der Waals surface area contributed by atoms with Crippen LogP contribution >= 0.6 is 0 Å². The van der Waals surface area contributed by atoms with Gasteiger partial charge in [0.15, 0.2) is 5.96 Å². The molecule has 0 aliphatic carbocycles. The summed E-state index contributed by atoms with van der Waals surface area (Å²) in [5.74, 6) is -0.333. The topological polar surface area (TPSA) is 240 Å². The summed E-state index contributed by atoms with van der Waals surface area (Å²) in [4.78, 5) is 16.6. The Morgan fingerprint density at radius 2 is 1.21 bits per heavy atom. The molecule has 12 nitrogen and oxygen atoms in total. The first kappa shape index (κ1) is 29.2. The van der Waals surface area contributed by atoms with E-state index in [0.717, 1.165) is 0 Å². The minimum atomic E-state index is -1.75. The summed E-state index contributed by atoms with van der Waals surface area (Å²) >= 11 is 0. The fraction of sp³-hybridized carbons (Fsp3) is 0. The molecular weight excluding hydrogens is 231 g/mol. The molecule has 0 aromatic rings. The van der Waals surface area contributed by atoms with Crippen LogP contribution in [-0.2, 0) is 0 Å². The third-order valence-corrected chi connectivity index (χ3v) is 0. The summed E-state index contributed by atoms with van der Waals surface area (Å²) < 4.78 is 0. The molecule has 9 N–H and O–H groups in total. The summed E-state index contributed by atoms with van der Waals surface area (Å²) in [7, 11) is 0. The van der Waals surface area contributed by atoms with Crippen molar-refractivity contribution in [3.63, 3.8) is 0 Å². The normalized spacial score (nSPS) is 5.14. The predicted octanol–water partition coefficient (Wildman–Crippen LogP) is -4.58. The Morgan fingerprint density at radius 3 is 1.21 bits per heavy atom. The first-order chi connectivity index (χ1) is 5.20. The molecule has 0 saturated heterocycles. The molecule has 80 valence electrons. The van der Waals surface area contributed by atoms with Gasteiger partial charge in [0.1, 0.15) is 0 Å². The zero-order valence-electron chi connectivity index (χ0n) is 7.24. The molecule has 0 heterocycles. The Hall–Kier alpha value is -0.734. The Labute approximate surface area is 120 Å². The summed E-state index contributed by atoms with van der Waals surface area (Å²) in [6, 6.07) is 0. The van der Waals surface area contributed by atoms with E-state index in [1.165, 1.54) is 0 Å². The molecule has 0 radical (unpaired) electrons. The van der Waals surface area contributed by atoms with Crippen molar-refractivity contribution >= 4 is 5.96 Å². The van der Waals surface area contributed by atoms with E-state index in [1.54, 1.807) is 0 Å². The van der Waals surface area contributed by atoms with Crippen molar-refractivity contribution in [1.29, 1.82) is 5.41 Å². The van der Waals surface area contributed by atoms with E-state index >= 15 is 0 Å². The molecule has 0 aromatic heterocycles. The SMILES string of the molecule is N.N=C(N)N.O=[N+]([O-])O.O=[N+]([O-])[O-].[K+]. The van der Waals surface area contributed by atoms with Crippen LogP contribution in [0.3, 0.4) is 0 Å². The van der Waals surface area contributed by atoms with Gasteiger partial charge < -0.3 is 38.1 Å². The average molecular weight is 240 g/mol. The minimum absolute atomic E-state index is 0. The molecule has 0 amide bonds. The summed E-state index contributed by atoms with van der Waals surface area (Å²) in [6.45, 7) is 0. The second-order valence-electron chi connectivity index (χ2n) is 0.917. The van der Waals surface area contributed by atoms with Crippen LogP contribution in [0.1, 0.15) is 0 Å². The van der Waals surface area contributed by atoms with E-state index in [1.807, 2.05) is 0 Å². The third-order valence-electron chi connectivity index (χ3n) is 0. The molecule has 14 heavy (non-hydrogen) atoms. The van der Waals surface area contributed by atoms with Gasteiger partial charge in [0.05, 0.1) is 5.09 Å². The Balaban J connectivity index is -0.0000000270. The van der Waals surface area contributed by atoms with Gasteiger partial charge in [-0.1, -0.05) is 0 Å². The van der Waals surface area contributed by atoms with Crippen molar-refractivity contribution in [2.45, 2.75) is 0 Å². The molecule has 0 saturated carbocycles. The van der Waals surface area contributed by atoms with Crippen LogP contribution in [0.2, 0.25) is 0 Å². The first-order valence-electron chi connectivity index (χ1n) is 1.94. The fourth-order valence-corrected chi connectivity index (χ4v) is 0. The molecule has 0 spiro atoms. The molecule has 0 bridgehead atoms. The van der Waals surface area contributed by atoms with Crippen LogP contribution in [0.5, 0.6) is 0 Å². The minimum Gasteiger partial charge on any atom is -0.370 e. The maximum atomic E-state index is 8.36. The molecular formula is CH9KN6O6. The molecule has 0 rings (SSSR count). The summed E-state index contributed by atoms with van der Waals surface area (Å²) in [6.07, 6.45) is 0. The Bertz CT molecular complexity index is 120. The Kier molecular flexibility index (Phi) is 47.5. The predicted molar refractivity (Wildman–Crippen MR) is 40.3 cm³/mol. The van der Waals surface area contributed by atoms with Gasteiger partial charge >= 0.3 is 51.4 Å². The van der Waals surface area contributed by atoms with Crippen LogP contribution in [0.15, 0.2) is 0 Å². The van der Waals surface area contributed by atoms with Crippen molar-refractivity contribution in [2.75, 3.05) is 0 Å². The second-order valence-corrected chi connectivity index (χ2v) is 0.917. The van der Waals surface area contributed by atoms with Crippen LogP contribution < -0.4 is 69.0 Å². The van der Waals surface area contributed by atoms with Crippen LogP contribution in [0, 0.1) is 30.8 Å². The van der Waals surface area contributed by atoms with Crippen molar-refractivity contribution < 1.29 is 66.8 Å². The smallest absolute Gasteiger partial charge is 0.370 e. The Morgan fingerprint density at radius 1 is 1.21 bits per heavy atom. The maximum absolute atomic E-state index is 8.36. The van der Waals surface area contributed by atoms with Crippen LogP contribution in [0.4, 0.5) is 0 Å². The zero-order valence-corrected chi connectivity index (χ0v) is 10.4. The molecule has 0 aliphatic heterocycles. The molecule has 0 unspecified atom stereocenters. The zero-order chi connectivity index (χ0) is 10.7. The van der Waals surface area contributed by atoms with Gasteiger partial charge in [0, 0.05) is 0 Å². The molecule has 0 atom stereocenters. The van der Waals surface area contributed by atoms with Gasteiger partial charge in [-0.2, -0.15) is 0 Å². The number of nitrogens with two attached hydrogens (primary N) is 2. The number of guanidine groups is 1. The molecule has 0 aromatic carbocycles. The third kappa shape index (κ3) is 2210. The van der Waals surface area contributed by atoms with E-state index in [2.05, 4.69) is 11.5 Å². The van der Waals surface area contributed by atoms with Crippen molar-refractivity contribution in [3.8, 4) is 0 Å². The van der Waals surface area contributed by atoms with E-state index in [-0.39, 0.29) is 63.5 Å². The molecule has 0 fully saturated rings. The van der Waals surface area contributed by atoms with Crippen molar-refractivity contribution in [1.82, 2.24) is 6.15 Å². The van der Waals surface area contributed by atoms with Crippen molar-refractivity contribution in [3.05, 3.63) is 25.4 Å². The van der Waals surface area contributed by atoms with E-state index in [4.69, 9.17) is 36.1 Å². The van der Waals surface area contributed by atoms with E-state index < -0.39 is 10.2 Å². The average Bonchev–Trinajstić information content (AvgIpc) is 1.54. The number of nitrogens with one attached hydrogen (secondary N) is 1. The van der Waals surface area contributed by atoms with Crippen LogP contribution in [0.25, 0.3) is 0 Å². The monoisotopic (exact) mass is 240 g/mol. The second kappa shape index (κ2) is 22.8. The number of rotatable bonds is 0. The standard InChI is InChI=1S/CH5N3.K.HNO3.NO3.H3N/c2-1(3)4;;2*2-1(3)4;/h(H5,2,3,4);;(H,2,3,4);;1H3/q;+1;;-1;. The summed E-state index contributed by atoms with van der Waals surface area (Å²) in [5.41, 5.74) is 8.94. The maximum Gasteiger partial charge on any atom is 1.00 e. The van der Waals surface area contributed by atoms with E-state index in [9.17, 15) is 0 Å². The number of nitrogens with zero attached hydrogens (tertiary/aromatic N) is 2. The van der Waals surface area contributed by atoms with Gasteiger partial charge in [-0.05, 0) is 0 Å². The quantitative estimate of drug-likeness (QED) is 0.0897. The first-order valence-corrected chi connectivity index (χ1v) is 1.94. The summed E-state index contributed by atoms with van der Waals surface area (Å²) in [5, 5.41) is 34.4. The van der Waals surface area contributed by atoms with Gasteiger partial charge in [-0.25, -0.2) is 0 Å². The van der Waals surface area contributed by atoms with Gasteiger partial charge in [-0.3, -0.25) is 5.41 Å². The van der Waals surface area contributed by atoms with E-state index in [0.29, 0.717) is 0 Å². The van der Waals surface area contributed by atoms with Gasteiger partial charge in [-0.15, -0.1) is 10.1 Å². The number of hydrogen-bond acceptors (Lipinski definition) is 7. The fourth-order valence-electron chi connectivity index (χ4n) is 0.